The largest absolute Gasteiger partial charge is 0.339 e. The van der Waals surface area contributed by atoms with E-state index < -0.39 is 6.04 Å². The Balaban J connectivity index is 1.27. The first-order valence-corrected chi connectivity index (χ1v) is 12.5. The highest BCUT2D eigenvalue weighted by Crippen LogP contribution is 2.30. The Labute approximate surface area is 203 Å². The summed E-state index contributed by atoms with van der Waals surface area (Å²) in [5, 5.41) is 5.30. The van der Waals surface area contributed by atoms with Crippen molar-refractivity contribution < 1.29 is 9.59 Å². The first kappa shape index (κ1) is 22.3. The SMILES string of the molecule is Cn1c(SCC(=O)N2CCC[C@H]2C(=O)Nc2ccccc2-c2ccccc2)cc2ccccc21. The number of benzene rings is 3. The van der Waals surface area contributed by atoms with E-state index in [4.69, 9.17) is 0 Å². The first-order valence-electron chi connectivity index (χ1n) is 11.5. The van der Waals surface area contributed by atoms with Crippen molar-refractivity contribution in [2.75, 3.05) is 17.6 Å². The maximum Gasteiger partial charge on any atom is 0.247 e. The van der Waals surface area contributed by atoms with Crippen molar-refractivity contribution in [1.82, 2.24) is 9.47 Å². The molecule has 1 aliphatic heterocycles. The molecule has 2 heterocycles. The van der Waals surface area contributed by atoms with Crippen LogP contribution in [0.25, 0.3) is 22.0 Å². The first-order chi connectivity index (χ1) is 16.6. The standard InChI is InChI=1S/C28H27N3O2S/c1-30-24-15-8-5-12-21(24)18-27(30)34-19-26(32)31-17-9-16-25(31)28(33)29-23-14-7-6-13-22(23)20-10-3-2-4-11-20/h2-8,10-15,18,25H,9,16-17,19H2,1H3,(H,29,33)/t25-/m0/s1. The van der Waals surface area contributed by atoms with Crippen LogP contribution in [-0.2, 0) is 16.6 Å². The molecule has 6 heteroatoms. The van der Waals surface area contributed by atoms with Gasteiger partial charge < -0.3 is 14.8 Å². The molecule has 5 nitrogen and oxygen atoms in total. The predicted molar refractivity (Wildman–Crippen MR) is 139 cm³/mol. The number of para-hydroxylation sites is 2. The fraction of sp³-hybridized carbons (Fsp3) is 0.214. The van der Waals surface area contributed by atoms with Crippen molar-refractivity contribution in [3.8, 4) is 11.1 Å². The molecule has 1 N–H and O–H groups in total. The van der Waals surface area contributed by atoms with Gasteiger partial charge in [0.05, 0.1) is 10.8 Å². The van der Waals surface area contributed by atoms with Crippen LogP contribution < -0.4 is 5.32 Å². The van der Waals surface area contributed by atoms with Gasteiger partial charge in [-0.2, -0.15) is 0 Å². The number of thioether (sulfide) groups is 1. The molecule has 1 aliphatic rings. The van der Waals surface area contributed by atoms with E-state index in [0.717, 1.165) is 39.2 Å². The highest BCUT2D eigenvalue weighted by atomic mass is 32.2. The Hall–Kier alpha value is -3.51. The van der Waals surface area contributed by atoms with Gasteiger partial charge in [0.2, 0.25) is 11.8 Å². The molecule has 2 amide bonds. The smallest absolute Gasteiger partial charge is 0.247 e. The van der Waals surface area contributed by atoms with Gasteiger partial charge in [0.25, 0.3) is 0 Å². The van der Waals surface area contributed by atoms with Crippen LogP contribution in [0.4, 0.5) is 5.69 Å². The van der Waals surface area contributed by atoms with Crippen LogP contribution in [0.2, 0.25) is 0 Å². The molecule has 1 aromatic heterocycles. The predicted octanol–water partition coefficient (Wildman–Crippen LogP) is 5.57. The molecule has 172 valence electrons. The number of carbonyl (C=O) groups is 2. The van der Waals surface area contributed by atoms with Crippen LogP contribution in [0.3, 0.4) is 0 Å². The summed E-state index contributed by atoms with van der Waals surface area (Å²) >= 11 is 1.53. The molecule has 0 radical (unpaired) electrons. The molecular formula is C28H27N3O2S. The lowest BCUT2D eigenvalue weighted by Gasteiger charge is -2.24. The number of fused-ring (bicyclic) bond motifs is 1. The number of anilines is 1. The quantitative estimate of drug-likeness (QED) is 0.376. The topological polar surface area (TPSA) is 54.3 Å². The van der Waals surface area contributed by atoms with E-state index in [1.165, 1.54) is 11.8 Å². The van der Waals surface area contributed by atoms with Crippen LogP contribution in [0.15, 0.2) is 90.0 Å². The molecule has 4 aromatic rings. The average Bonchev–Trinajstić information content (AvgIpc) is 3.49. The Bertz CT molecular complexity index is 1330. The molecule has 0 bridgehead atoms. The minimum atomic E-state index is -0.440. The molecule has 5 rings (SSSR count). The third-order valence-electron chi connectivity index (χ3n) is 6.40. The van der Waals surface area contributed by atoms with Crippen molar-refractivity contribution in [3.63, 3.8) is 0 Å². The monoisotopic (exact) mass is 469 g/mol. The van der Waals surface area contributed by atoms with Crippen LogP contribution in [-0.4, -0.2) is 39.6 Å². The molecular weight excluding hydrogens is 442 g/mol. The lowest BCUT2D eigenvalue weighted by Crippen LogP contribution is -2.44. The summed E-state index contributed by atoms with van der Waals surface area (Å²) in [6.07, 6.45) is 1.52. The van der Waals surface area contributed by atoms with Gasteiger partial charge in [-0.3, -0.25) is 9.59 Å². The van der Waals surface area contributed by atoms with Gasteiger partial charge in [0.1, 0.15) is 6.04 Å². The van der Waals surface area contributed by atoms with Crippen molar-refractivity contribution in [3.05, 3.63) is 84.9 Å². The van der Waals surface area contributed by atoms with Crippen LogP contribution >= 0.6 is 11.8 Å². The number of rotatable bonds is 6. The Morgan fingerprint density at radius 3 is 2.53 bits per heavy atom. The number of hydrogen-bond acceptors (Lipinski definition) is 3. The molecule has 0 unspecified atom stereocenters. The second-order valence-corrected chi connectivity index (χ2v) is 9.53. The Morgan fingerprint density at radius 2 is 1.71 bits per heavy atom. The van der Waals surface area contributed by atoms with Gasteiger partial charge in [0, 0.05) is 35.7 Å². The molecule has 34 heavy (non-hydrogen) atoms. The summed E-state index contributed by atoms with van der Waals surface area (Å²) in [5.41, 5.74) is 3.93. The van der Waals surface area contributed by atoms with Crippen LogP contribution in [0, 0.1) is 0 Å². The lowest BCUT2D eigenvalue weighted by molar-refractivity contribution is -0.134. The van der Waals surface area contributed by atoms with Gasteiger partial charge in [-0.25, -0.2) is 0 Å². The fourth-order valence-electron chi connectivity index (χ4n) is 4.64. The maximum atomic E-state index is 13.2. The van der Waals surface area contributed by atoms with Gasteiger partial charge >= 0.3 is 0 Å². The summed E-state index contributed by atoms with van der Waals surface area (Å²) in [6.45, 7) is 0.618. The van der Waals surface area contributed by atoms with E-state index in [1.54, 1.807) is 4.90 Å². The van der Waals surface area contributed by atoms with E-state index in [1.807, 2.05) is 73.8 Å². The van der Waals surface area contributed by atoms with Crippen LogP contribution in [0.5, 0.6) is 0 Å². The van der Waals surface area contributed by atoms with Crippen molar-refractivity contribution in [1.29, 1.82) is 0 Å². The summed E-state index contributed by atoms with van der Waals surface area (Å²) < 4.78 is 2.11. The summed E-state index contributed by atoms with van der Waals surface area (Å²) in [7, 11) is 2.02. The maximum absolute atomic E-state index is 13.2. The summed E-state index contributed by atoms with van der Waals surface area (Å²) in [6, 6.07) is 27.7. The van der Waals surface area contributed by atoms with Gasteiger partial charge in [-0.1, -0.05) is 78.5 Å². The molecule has 1 fully saturated rings. The second kappa shape index (κ2) is 9.77. The van der Waals surface area contributed by atoms with E-state index in [0.29, 0.717) is 18.7 Å². The number of aryl methyl sites for hydroxylation is 1. The number of nitrogens with zero attached hydrogens (tertiary/aromatic N) is 2. The zero-order chi connectivity index (χ0) is 23.5. The van der Waals surface area contributed by atoms with E-state index in [-0.39, 0.29) is 11.8 Å². The fourth-order valence-corrected chi connectivity index (χ4v) is 5.58. The number of carbonyl (C=O) groups excluding carboxylic acids is 2. The second-order valence-electron chi connectivity index (χ2n) is 8.54. The molecule has 1 atom stereocenters. The summed E-state index contributed by atoms with van der Waals surface area (Å²) in [4.78, 5) is 28.1. The van der Waals surface area contributed by atoms with Gasteiger partial charge in [-0.15, -0.1) is 0 Å². The van der Waals surface area contributed by atoms with E-state index in [2.05, 4.69) is 28.1 Å². The van der Waals surface area contributed by atoms with Gasteiger partial charge in [-0.05, 0) is 36.6 Å². The zero-order valence-corrected chi connectivity index (χ0v) is 19.9. The average molecular weight is 470 g/mol. The van der Waals surface area contributed by atoms with E-state index >= 15 is 0 Å². The number of hydrogen-bond donors (Lipinski definition) is 1. The number of likely N-dealkylation sites (tertiary alicyclic amines) is 1. The zero-order valence-electron chi connectivity index (χ0n) is 19.1. The Kier molecular flexibility index (Phi) is 6.41. The minimum Gasteiger partial charge on any atom is -0.339 e. The van der Waals surface area contributed by atoms with Crippen molar-refractivity contribution in [2.24, 2.45) is 7.05 Å². The minimum absolute atomic E-state index is 0.00394. The highest BCUT2D eigenvalue weighted by Gasteiger charge is 2.34. The molecule has 1 saturated heterocycles. The molecule has 0 saturated carbocycles. The number of aromatic nitrogens is 1. The number of amides is 2. The summed E-state index contributed by atoms with van der Waals surface area (Å²) in [5.74, 6) is 0.197. The molecule has 0 spiro atoms. The normalized spacial score (nSPS) is 15.6. The Morgan fingerprint density at radius 1 is 0.971 bits per heavy atom. The van der Waals surface area contributed by atoms with Crippen molar-refractivity contribution in [2.45, 2.75) is 23.9 Å². The van der Waals surface area contributed by atoms with Crippen molar-refractivity contribution >= 4 is 40.2 Å². The third kappa shape index (κ3) is 4.46. The number of nitrogens with one attached hydrogen (secondary N) is 1. The molecule has 0 aliphatic carbocycles. The van der Waals surface area contributed by atoms with Gasteiger partial charge in [0.15, 0.2) is 0 Å². The van der Waals surface area contributed by atoms with Crippen LogP contribution in [0.1, 0.15) is 12.8 Å². The third-order valence-corrected chi connectivity index (χ3v) is 7.48. The van der Waals surface area contributed by atoms with E-state index in [9.17, 15) is 9.59 Å². The highest BCUT2D eigenvalue weighted by molar-refractivity contribution is 7.99. The lowest BCUT2D eigenvalue weighted by atomic mass is 10.0. The molecule has 3 aromatic carbocycles.